The van der Waals surface area contributed by atoms with Gasteiger partial charge in [0, 0.05) is 40.0 Å². The summed E-state index contributed by atoms with van der Waals surface area (Å²) < 4.78 is 24.0. The van der Waals surface area contributed by atoms with Gasteiger partial charge in [-0.15, -0.1) is 11.8 Å². The summed E-state index contributed by atoms with van der Waals surface area (Å²) >= 11 is 1.82. The molecule has 0 spiro atoms. The molecule has 0 aliphatic carbocycles. The topological polar surface area (TPSA) is 52.0 Å². The Hall–Kier alpha value is -0.980. The molecule has 100 valence electrons. The number of hydrogen-bond acceptors (Lipinski definition) is 4. The second kappa shape index (κ2) is 4.85. The van der Waals surface area contributed by atoms with Crippen LogP contribution in [0.25, 0.3) is 0 Å². The van der Waals surface area contributed by atoms with Crippen molar-refractivity contribution in [2.75, 3.05) is 5.75 Å². The Kier molecular flexibility index (Phi) is 3.32. The number of nitrogens with zero attached hydrogens (tertiary/aromatic N) is 2. The van der Waals surface area contributed by atoms with Crippen molar-refractivity contribution in [1.29, 1.82) is 0 Å². The highest BCUT2D eigenvalue weighted by Crippen LogP contribution is 2.39. The van der Waals surface area contributed by atoms with Crippen LogP contribution in [0.4, 0.5) is 0 Å². The molecule has 0 N–H and O–H groups in total. The Balaban J connectivity index is 1.82. The molecular formula is C12H11ClN2O2S2. The lowest BCUT2D eigenvalue weighted by Crippen LogP contribution is -2.09. The number of hydrogen-bond donors (Lipinski definition) is 0. The SMILES string of the molecule is O=S(=O)(Cl)c1cnn(CC2CSc3ccccc32)c1. The van der Waals surface area contributed by atoms with Crippen molar-refractivity contribution in [3.05, 3.63) is 42.2 Å². The van der Waals surface area contributed by atoms with Crippen LogP contribution in [0.15, 0.2) is 46.5 Å². The smallest absolute Gasteiger partial charge is 0.264 e. The van der Waals surface area contributed by atoms with Crippen molar-refractivity contribution < 1.29 is 8.42 Å². The molecule has 0 fully saturated rings. The zero-order chi connectivity index (χ0) is 13.5. The lowest BCUT2D eigenvalue weighted by molar-refractivity contribution is 0.548. The first-order valence-electron chi connectivity index (χ1n) is 5.73. The first-order chi connectivity index (χ1) is 9.04. The van der Waals surface area contributed by atoms with E-state index < -0.39 is 9.05 Å². The molecule has 0 saturated carbocycles. The van der Waals surface area contributed by atoms with Gasteiger partial charge in [0.25, 0.3) is 9.05 Å². The second-order valence-electron chi connectivity index (χ2n) is 4.38. The van der Waals surface area contributed by atoms with E-state index in [1.165, 1.54) is 22.9 Å². The maximum atomic E-state index is 11.2. The highest BCUT2D eigenvalue weighted by Gasteiger charge is 2.23. The summed E-state index contributed by atoms with van der Waals surface area (Å²) in [4.78, 5) is 1.35. The van der Waals surface area contributed by atoms with Crippen LogP contribution >= 0.6 is 22.4 Å². The number of halogens is 1. The average Bonchev–Trinajstić information content (AvgIpc) is 2.97. The lowest BCUT2D eigenvalue weighted by atomic mass is 10.0. The van der Waals surface area contributed by atoms with E-state index in [9.17, 15) is 8.42 Å². The Morgan fingerprint density at radius 2 is 2.21 bits per heavy atom. The van der Waals surface area contributed by atoms with E-state index in [-0.39, 0.29) is 4.90 Å². The fraction of sp³-hybridized carbons (Fsp3) is 0.250. The minimum absolute atomic E-state index is 0.0492. The fourth-order valence-corrected chi connectivity index (χ4v) is 4.08. The van der Waals surface area contributed by atoms with Gasteiger partial charge in [0.15, 0.2) is 0 Å². The van der Waals surface area contributed by atoms with E-state index in [1.54, 1.807) is 4.68 Å². The van der Waals surface area contributed by atoms with E-state index in [4.69, 9.17) is 10.7 Å². The Bertz CT molecular complexity index is 712. The zero-order valence-corrected chi connectivity index (χ0v) is 12.2. The van der Waals surface area contributed by atoms with Crippen LogP contribution < -0.4 is 0 Å². The van der Waals surface area contributed by atoms with Crippen molar-refractivity contribution in [2.24, 2.45) is 0 Å². The van der Waals surface area contributed by atoms with Gasteiger partial charge in [0.1, 0.15) is 4.90 Å². The molecule has 1 atom stereocenters. The molecule has 0 amide bonds. The predicted molar refractivity (Wildman–Crippen MR) is 75.2 cm³/mol. The standard InChI is InChI=1S/C12H11ClN2O2S2/c13-19(16,17)10-5-14-15(7-10)6-9-8-18-12-4-2-1-3-11(9)12/h1-5,7,9H,6,8H2. The van der Waals surface area contributed by atoms with E-state index in [0.717, 1.165) is 5.75 Å². The quantitative estimate of drug-likeness (QED) is 0.817. The molecule has 1 unspecified atom stereocenters. The van der Waals surface area contributed by atoms with Crippen molar-refractivity contribution in [3.63, 3.8) is 0 Å². The molecule has 1 aromatic carbocycles. The van der Waals surface area contributed by atoms with Crippen LogP contribution in [0, 0.1) is 0 Å². The lowest BCUT2D eigenvalue weighted by Gasteiger charge is -2.10. The molecule has 19 heavy (non-hydrogen) atoms. The highest BCUT2D eigenvalue weighted by atomic mass is 35.7. The number of aromatic nitrogens is 2. The van der Waals surface area contributed by atoms with Gasteiger partial charge in [-0.05, 0) is 11.6 Å². The molecule has 2 aromatic rings. The van der Waals surface area contributed by atoms with Crippen molar-refractivity contribution in [3.8, 4) is 0 Å². The normalized spacial score (nSPS) is 18.5. The van der Waals surface area contributed by atoms with Crippen LogP contribution in [0.5, 0.6) is 0 Å². The summed E-state index contributed by atoms with van der Waals surface area (Å²) in [6.45, 7) is 0.663. The minimum atomic E-state index is -3.69. The molecule has 4 nitrogen and oxygen atoms in total. The van der Waals surface area contributed by atoms with Crippen LogP contribution in [0.1, 0.15) is 11.5 Å². The third kappa shape index (κ3) is 2.66. The summed E-state index contributed by atoms with van der Waals surface area (Å²) in [5.74, 6) is 1.34. The van der Waals surface area contributed by atoms with Gasteiger partial charge >= 0.3 is 0 Å². The van der Waals surface area contributed by atoms with E-state index in [0.29, 0.717) is 12.5 Å². The Labute approximate surface area is 120 Å². The third-order valence-electron chi connectivity index (χ3n) is 3.10. The van der Waals surface area contributed by atoms with Gasteiger partial charge in [-0.2, -0.15) is 5.10 Å². The second-order valence-corrected chi connectivity index (χ2v) is 8.01. The first kappa shape index (κ1) is 13.0. The van der Waals surface area contributed by atoms with Crippen molar-refractivity contribution in [1.82, 2.24) is 9.78 Å². The van der Waals surface area contributed by atoms with Gasteiger partial charge in [0.2, 0.25) is 0 Å². The van der Waals surface area contributed by atoms with Crippen LogP contribution in [0.2, 0.25) is 0 Å². The van der Waals surface area contributed by atoms with Gasteiger partial charge in [-0.1, -0.05) is 18.2 Å². The molecule has 1 aliphatic rings. The molecule has 1 aromatic heterocycles. The largest absolute Gasteiger partial charge is 0.271 e. The molecule has 2 heterocycles. The maximum absolute atomic E-state index is 11.2. The number of fused-ring (bicyclic) bond motifs is 1. The van der Waals surface area contributed by atoms with E-state index >= 15 is 0 Å². The zero-order valence-electron chi connectivity index (χ0n) is 9.86. The number of benzene rings is 1. The summed E-state index contributed by atoms with van der Waals surface area (Å²) in [5.41, 5.74) is 1.30. The summed E-state index contributed by atoms with van der Waals surface area (Å²) in [7, 11) is 1.59. The number of rotatable bonds is 3. The van der Waals surface area contributed by atoms with Gasteiger partial charge in [0.05, 0.1) is 6.20 Å². The average molecular weight is 315 g/mol. The van der Waals surface area contributed by atoms with Gasteiger partial charge < -0.3 is 0 Å². The molecule has 3 rings (SSSR count). The van der Waals surface area contributed by atoms with Crippen molar-refractivity contribution >= 4 is 31.5 Å². The molecule has 0 bridgehead atoms. The highest BCUT2D eigenvalue weighted by molar-refractivity contribution is 8.13. The van der Waals surface area contributed by atoms with Gasteiger partial charge in [-0.3, -0.25) is 4.68 Å². The maximum Gasteiger partial charge on any atom is 0.264 e. The fourth-order valence-electron chi connectivity index (χ4n) is 2.18. The van der Waals surface area contributed by atoms with E-state index in [2.05, 4.69) is 17.2 Å². The minimum Gasteiger partial charge on any atom is -0.271 e. The third-order valence-corrected chi connectivity index (χ3v) is 5.66. The molecule has 1 aliphatic heterocycles. The monoisotopic (exact) mass is 314 g/mol. The van der Waals surface area contributed by atoms with Crippen LogP contribution in [-0.2, 0) is 15.6 Å². The van der Waals surface area contributed by atoms with Crippen molar-refractivity contribution in [2.45, 2.75) is 22.3 Å². The summed E-state index contributed by atoms with van der Waals surface area (Å²) in [6.07, 6.45) is 2.77. The van der Waals surface area contributed by atoms with Crippen LogP contribution in [-0.4, -0.2) is 24.0 Å². The van der Waals surface area contributed by atoms with Crippen LogP contribution in [0.3, 0.4) is 0 Å². The molecular weight excluding hydrogens is 304 g/mol. The number of thioether (sulfide) groups is 1. The summed E-state index contributed by atoms with van der Waals surface area (Å²) in [6, 6.07) is 8.27. The Morgan fingerprint density at radius 1 is 1.42 bits per heavy atom. The molecule has 0 saturated heterocycles. The van der Waals surface area contributed by atoms with E-state index in [1.807, 2.05) is 23.9 Å². The molecule has 7 heteroatoms. The van der Waals surface area contributed by atoms with Gasteiger partial charge in [-0.25, -0.2) is 8.42 Å². The Morgan fingerprint density at radius 3 is 2.95 bits per heavy atom. The summed E-state index contributed by atoms with van der Waals surface area (Å²) in [5, 5.41) is 4.06. The molecule has 0 radical (unpaired) electrons. The first-order valence-corrected chi connectivity index (χ1v) is 9.02. The predicted octanol–water partition coefficient (Wildman–Crippen LogP) is 2.70.